The molecule has 24 heavy (non-hydrogen) atoms. The van der Waals surface area contributed by atoms with Gasteiger partial charge in [0.05, 0.1) is 12.7 Å². The van der Waals surface area contributed by atoms with Crippen LogP contribution in [0.15, 0.2) is 53.1 Å². The fraction of sp³-hybridized carbons (Fsp3) is 0.263. The van der Waals surface area contributed by atoms with Gasteiger partial charge in [0.25, 0.3) is 0 Å². The smallest absolute Gasteiger partial charge is 0.144 e. The van der Waals surface area contributed by atoms with Crippen LogP contribution in [0.25, 0.3) is 33.2 Å². The molecule has 1 N–H and O–H groups in total. The Bertz CT molecular complexity index is 1010. The van der Waals surface area contributed by atoms with E-state index in [2.05, 4.69) is 33.8 Å². The molecule has 5 heteroatoms. The molecule has 0 amide bonds. The van der Waals surface area contributed by atoms with Crippen LogP contribution >= 0.6 is 0 Å². The third-order valence-corrected chi connectivity index (χ3v) is 4.79. The molecule has 1 saturated heterocycles. The predicted octanol–water partition coefficient (Wildman–Crippen LogP) is 3.60. The highest BCUT2D eigenvalue weighted by atomic mass is 16.3. The molecule has 0 aliphatic carbocycles. The summed E-state index contributed by atoms with van der Waals surface area (Å²) in [5, 5.41) is 14.4. The molecule has 0 unspecified atom stereocenters. The van der Waals surface area contributed by atoms with Gasteiger partial charge >= 0.3 is 0 Å². The Hall–Kier alpha value is -2.66. The first-order valence-electron chi connectivity index (χ1n) is 8.43. The summed E-state index contributed by atoms with van der Waals surface area (Å²) in [7, 11) is 0. The summed E-state index contributed by atoms with van der Waals surface area (Å²) in [6, 6.07) is 14.8. The van der Waals surface area contributed by atoms with E-state index in [0.717, 1.165) is 46.3 Å². The van der Waals surface area contributed by atoms with Crippen molar-refractivity contribution in [2.24, 2.45) is 0 Å². The molecule has 0 saturated carbocycles. The van der Waals surface area contributed by atoms with E-state index in [1.807, 2.05) is 35.1 Å². The van der Waals surface area contributed by atoms with E-state index in [1.54, 1.807) is 0 Å². The first kappa shape index (κ1) is 13.7. The van der Waals surface area contributed by atoms with Crippen LogP contribution in [0.2, 0.25) is 0 Å². The van der Waals surface area contributed by atoms with Crippen LogP contribution in [0, 0.1) is 0 Å². The number of benzene rings is 2. The van der Waals surface area contributed by atoms with Crippen LogP contribution in [0.3, 0.4) is 0 Å². The maximum absolute atomic E-state index is 6.09. The Kier molecular flexibility index (Phi) is 3.13. The standard InChI is InChI=1S/C19H18N4O/c1-2-9-18-14(6-1)15-7-3-8-16(19(15)24-18)17-12-23(22-21-17)11-13-5-4-10-20-13/h1-3,6-9,12-13,20H,4-5,10-11H2/t13-/m1/s1. The fourth-order valence-electron chi connectivity index (χ4n) is 3.60. The molecular formula is C19H18N4O. The van der Waals surface area contributed by atoms with Crippen molar-refractivity contribution in [3.8, 4) is 11.3 Å². The Morgan fingerprint density at radius 2 is 2.04 bits per heavy atom. The molecule has 5 nitrogen and oxygen atoms in total. The van der Waals surface area contributed by atoms with Crippen LogP contribution in [0.4, 0.5) is 0 Å². The van der Waals surface area contributed by atoms with E-state index in [1.165, 1.54) is 12.8 Å². The molecule has 4 aromatic rings. The van der Waals surface area contributed by atoms with Gasteiger partial charge in [-0.05, 0) is 31.5 Å². The van der Waals surface area contributed by atoms with Crippen molar-refractivity contribution in [1.29, 1.82) is 0 Å². The number of para-hydroxylation sites is 2. The lowest BCUT2D eigenvalue weighted by Gasteiger charge is -2.08. The summed E-state index contributed by atoms with van der Waals surface area (Å²) in [4.78, 5) is 0. The van der Waals surface area contributed by atoms with E-state index >= 15 is 0 Å². The lowest BCUT2D eigenvalue weighted by Crippen LogP contribution is -2.26. The number of aromatic nitrogens is 3. The van der Waals surface area contributed by atoms with Crippen LogP contribution in [0.5, 0.6) is 0 Å². The van der Waals surface area contributed by atoms with Gasteiger partial charge in [0.1, 0.15) is 16.9 Å². The minimum Gasteiger partial charge on any atom is -0.455 e. The molecule has 0 radical (unpaired) electrons. The topological polar surface area (TPSA) is 55.9 Å². The van der Waals surface area contributed by atoms with E-state index in [4.69, 9.17) is 4.42 Å². The highest BCUT2D eigenvalue weighted by Crippen LogP contribution is 2.34. The normalized spacial score (nSPS) is 17.9. The first-order chi connectivity index (χ1) is 11.9. The van der Waals surface area contributed by atoms with Gasteiger partial charge in [0.2, 0.25) is 0 Å². The zero-order valence-electron chi connectivity index (χ0n) is 13.3. The zero-order chi connectivity index (χ0) is 15.9. The summed E-state index contributed by atoms with van der Waals surface area (Å²) in [6.45, 7) is 1.97. The summed E-state index contributed by atoms with van der Waals surface area (Å²) in [5.41, 5.74) is 3.64. The third-order valence-electron chi connectivity index (χ3n) is 4.79. The number of hydrogen-bond donors (Lipinski definition) is 1. The number of furan rings is 1. The second-order valence-corrected chi connectivity index (χ2v) is 6.40. The average Bonchev–Trinajstić information content (AvgIpc) is 3.34. The molecular weight excluding hydrogens is 300 g/mol. The molecule has 0 bridgehead atoms. The molecule has 1 fully saturated rings. The number of rotatable bonds is 3. The van der Waals surface area contributed by atoms with E-state index < -0.39 is 0 Å². The van der Waals surface area contributed by atoms with Crippen molar-refractivity contribution in [2.45, 2.75) is 25.4 Å². The molecule has 3 heterocycles. The highest BCUT2D eigenvalue weighted by molar-refractivity contribution is 6.09. The number of nitrogens with zero attached hydrogens (tertiary/aromatic N) is 3. The van der Waals surface area contributed by atoms with E-state index in [-0.39, 0.29) is 0 Å². The van der Waals surface area contributed by atoms with Gasteiger partial charge in [0, 0.05) is 22.4 Å². The SMILES string of the molecule is c1ccc2c(c1)oc1c(-c3cn(C[C@H]4CCCN4)nn3)cccc12. The quantitative estimate of drug-likeness (QED) is 0.627. The summed E-state index contributed by atoms with van der Waals surface area (Å²) < 4.78 is 8.02. The van der Waals surface area contributed by atoms with Gasteiger partial charge < -0.3 is 9.73 Å². The highest BCUT2D eigenvalue weighted by Gasteiger charge is 2.17. The first-order valence-corrected chi connectivity index (χ1v) is 8.43. The second-order valence-electron chi connectivity index (χ2n) is 6.40. The average molecular weight is 318 g/mol. The monoisotopic (exact) mass is 318 g/mol. The van der Waals surface area contributed by atoms with Gasteiger partial charge in [-0.3, -0.25) is 4.68 Å². The Morgan fingerprint density at radius 1 is 1.12 bits per heavy atom. The Morgan fingerprint density at radius 3 is 2.96 bits per heavy atom. The van der Waals surface area contributed by atoms with Crippen LogP contribution < -0.4 is 5.32 Å². The molecule has 1 aliphatic heterocycles. The molecule has 2 aromatic carbocycles. The van der Waals surface area contributed by atoms with Gasteiger partial charge in [0.15, 0.2) is 0 Å². The maximum atomic E-state index is 6.09. The van der Waals surface area contributed by atoms with E-state index in [0.29, 0.717) is 6.04 Å². The predicted molar refractivity (Wildman–Crippen MR) is 93.8 cm³/mol. The van der Waals surface area contributed by atoms with Crippen molar-refractivity contribution in [1.82, 2.24) is 20.3 Å². The largest absolute Gasteiger partial charge is 0.455 e. The van der Waals surface area contributed by atoms with E-state index in [9.17, 15) is 0 Å². The zero-order valence-corrected chi connectivity index (χ0v) is 13.3. The minimum atomic E-state index is 0.501. The molecule has 0 spiro atoms. The fourth-order valence-corrected chi connectivity index (χ4v) is 3.60. The van der Waals surface area contributed by atoms with Crippen molar-refractivity contribution < 1.29 is 4.42 Å². The van der Waals surface area contributed by atoms with Crippen LogP contribution in [0.1, 0.15) is 12.8 Å². The molecule has 5 rings (SSSR count). The van der Waals surface area contributed by atoms with Crippen molar-refractivity contribution in [3.05, 3.63) is 48.7 Å². The van der Waals surface area contributed by atoms with Crippen molar-refractivity contribution in [3.63, 3.8) is 0 Å². The summed E-state index contributed by atoms with van der Waals surface area (Å²) in [6.07, 6.45) is 4.46. The number of fused-ring (bicyclic) bond motifs is 3. The molecule has 1 aliphatic rings. The van der Waals surface area contributed by atoms with Crippen LogP contribution in [-0.2, 0) is 6.54 Å². The van der Waals surface area contributed by atoms with Crippen LogP contribution in [-0.4, -0.2) is 27.6 Å². The lowest BCUT2D eigenvalue weighted by molar-refractivity contribution is 0.466. The molecule has 1 atom stereocenters. The van der Waals surface area contributed by atoms with Crippen molar-refractivity contribution in [2.75, 3.05) is 6.54 Å². The third kappa shape index (κ3) is 2.20. The van der Waals surface area contributed by atoms with Gasteiger partial charge in [-0.2, -0.15) is 0 Å². The Labute approximate surface area is 139 Å². The lowest BCUT2D eigenvalue weighted by atomic mass is 10.1. The number of nitrogens with one attached hydrogen (secondary N) is 1. The molecule has 2 aromatic heterocycles. The Balaban J connectivity index is 1.57. The minimum absolute atomic E-state index is 0.501. The summed E-state index contributed by atoms with van der Waals surface area (Å²) in [5.74, 6) is 0. The second kappa shape index (κ2) is 5.46. The van der Waals surface area contributed by atoms with Gasteiger partial charge in [-0.25, -0.2) is 0 Å². The number of hydrogen-bond acceptors (Lipinski definition) is 4. The van der Waals surface area contributed by atoms with Crippen molar-refractivity contribution >= 4 is 21.9 Å². The van der Waals surface area contributed by atoms with Gasteiger partial charge in [-0.1, -0.05) is 35.5 Å². The van der Waals surface area contributed by atoms with Gasteiger partial charge in [-0.15, -0.1) is 5.10 Å². The maximum Gasteiger partial charge on any atom is 0.144 e. The molecule has 120 valence electrons. The summed E-state index contributed by atoms with van der Waals surface area (Å²) >= 11 is 0.